The van der Waals surface area contributed by atoms with Crippen LogP contribution in [0.3, 0.4) is 0 Å². The zero-order chi connectivity index (χ0) is 17.4. The van der Waals surface area contributed by atoms with Gasteiger partial charge in [0.2, 0.25) is 10.0 Å². The smallest absolute Gasteiger partial charge is 0.208 e. The Kier molecular flexibility index (Phi) is 4.49. The molecule has 2 aromatic rings. The summed E-state index contributed by atoms with van der Waals surface area (Å²) >= 11 is 0. The monoisotopic (exact) mass is 361 g/mol. The summed E-state index contributed by atoms with van der Waals surface area (Å²) in [4.78, 5) is 7.11. The highest BCUT2D eigenvalue weighted by Crippen LogP contribution is 2.34. The Bertz CT molecular complexity index is 871. The summed E-state index contributed by atoms with van der Waals surface area (Å²) in [6.07, 6.45) is 1.40. The normalized spacial score (nSPS) is 27.0. The van der Waals surface area contributed by atoms with Gasteiger partial charge in [-0.1, -0.05) is 24.3 Å². The molecule has 2 fully saturated rings. The minimum absolute atomic E-state index is 0.201. The number of likely N-dealkylation sites (tertiary alicyclic amines) is 1. The van der Waals surface area contributed by atoms with Crippen molar-refractivity contribution in [1.82, 2.24) is 14.6 Å². The average Bonchev–Trinajstić information content (AvgIpc) is 3.12. The number of nitrogens with one attached hydrogen (secondary N) is 1. The van der Waals surface area contributed by atoms with Gasteiger partial charge in [-0.15, -0.1) is 0 Å². The predicted octanol–water partition coefficient (Wildman–Crippen LogP) is 1.23. The van der Waals surface area contributed by atoms with E-state index in [4.69, 9.17) is 9.72 Å². The third kappa shape index (κ3) is 3.84. The molecule has 1 N–H and O–H groups in total. The average molecular weight is 361 g/mol. The maximum atomic E-state index is 11.3. The van der Waals surface area contributed by atoms with Crippen LogP contribution in [0.25, 0.3) is 10.9 Å². The van der Waals surface area contributed by atoms with E-state index in [2.05, 4.69) is 27.8 Å². The molecule has 0 radical (unpaired) electrons. The van der Waals surface area contributed by atoms with Crippen LogP contribution in [0, 0.1) is 11.8 Å². The summed E-state index contributed by atoms with van der Waals surface area (Å²) in [6, 6.07) is 12.3. The van der Waals surface area contributed by atoms with Gasteiger partial charge in [-0.2, -0.15) is 0 Å². The van der Waals surface area contributed by atoms with E-state index < -0.39 is 10.0 Å². The molecule has 134 valence electrons. The lowest BCUT2D eigenvalue weighted by atomic mass is 9.93. The van der Waals surface area contributed by atoms with Gasteiger partial charge < -0.3 is 4.74 Å². The number of benzene rings is 1. The summed E-state index contributed by atoms with van der Waals surface area (Å²) < 4.78 is 31.2. The molecule has 0 saturated carbocycles. The Labute approximate surface area is 148 Å². The van der Waals surface area contributed by atoms with Crippen LogP contribution in [-0.2, 0) is 21.3 Å². The highest BCUT2D eigenvalue weighted by Gasteiger charge is 2.43. The molecule has 0 aliphatic carbocycles. The molecule has 2 saturated heterocycles. The molecule has 2 aliphatic heterocycles. The van der Waals surface area contributed by atoms with Gasteiger partial charge in [0, 0.05) is 43.4 Å². The molecular formula is C18H23N3O3S. The van der Waals surface area contributed by atoms with Crippen LogP contribution < -0.4 is 4.72 Å². The molecule has 0 spiro atoms. The quantitative estimate of drug-likeness (QED) is 0.867. The fourth-order valence-corrected chi connectivity index (χ4v) is 4.42. The maximum Gasteiger partial charge on any atom is 0.208 e. The van der Waals surface area contributed by atoms with Gasteiger partial charge in [0.15, 0.2) is 0 Å². The minimum Gasteiger partial charge on any atom is -0.376 e. The van der Waals surface area contributed by atoms with Gasteiger partial charge in [0.1, 0.15) is 0 Å². The lowest BCUT2D eigenvalue weighted by Gasteiger charge is -2.19. The molecule has 0 amide bonds. The van der Waals surface area contributed by atoms with Crippen molar-refractivity contribution in [2.24, 2.45) is 11.8 Å². The summed E-state index contributed by atoms with van der Waals surface area (Å²) in [5.74, 6) is 0.629. The zero-order valence-corrected chi connectivity index (χ0v) is 15.1. The standard InChI is InChI=1S/C18H23N3O3S/c1-25(22,23)19-8-14-12-24-18-11-21(10-16(14)18)9-15-7-6-13-4-2-3-5-17(13)20-15/h2-7,14,16,18-19H,8-12H2,1H3/t14-,16+,18+/m1/s1. The molecule has 1 aromatic carbocycles. The summed E-state index contributed by atoms with van der Waals surface area (Å²) in [5.41, 5.74) is 2.08. The number of rotatable bonds is 5. The maximum absolute atomic E-state index is 11.3. The van der Waals surface area contributed by atoms with Crippen LogP contribution >= 0.6 is 0 Å². The number of para-hydroxylation sites is 1. The molecule has 4 rings (SSSR count). The Morgan fingerprint density at radius 3 is 2.92 bits per heavy atom. The van der Waals surface area contributed by atoms with E-state index in [1.807, 2.05) is 18.2 Å². The van der Waals surface area contributed by atoms with Crippen molar-refractivity contribution in [3.05, 3.63) is 42.1 Å². The van der Waals surface area contributed by atoms with E-state index in [1.165, 1.54) is 6.26 Å². The molecule has 3 atom stereocenters. The third-order valence-electron chi connectivity index (χ3n) is 5.16. The van der Waals surface area contributed by atoms with Crippen LogP contribution in [0.5, 0.6) is 0 Å². The summed E-state index contributed by atoms with van der Waals surface area (Å²) in [6.45, 7) is 3.71. The first kappa shape index (κ1) is 16.9. The van der Waals surface area contributed by atoms with Crippen molar-refractivity contribution in [1.29, 1.82) is 0 Å². The highest BCUT2D eigenvalue weighted by atomic mass is 32.2. The lowest BCUT2D eigenvalue weighted by molar-refractivity contribution is 0.0940. The molecular weight excluding hydrogens is 338 g/mol. The van der Waals surface area contributed by atoms with Gasteiger partial charge in [0.25, 0.3) is 0 Å². The second-order valence-electron chi connectivity index (χ2n) is 7.11. The van der Waals surface area contributed by atoms with Gasteiger partial charge in [-0.25, -0.2) is 13.1 Å². The number of sulfonamides is 1. The van der Waals surface area contributed by atoms with E-state index >= 15 is 0 Å². The van der Waals surface area contributed by atoms with Gasteiger partial charge in [0.05, 0.1) is 30.2 Å². The largest absolute Gasteiger partial charge is 0.376 e. The fourth-order valence-electron chi connectivity index (χ4n) is 3.90. The van der Waals surface area contributed by atoms with Gasteiger partial charge >= 0.3 is 0 Å². The Morgan fingerprint density at radius 2 is 2.08 bits per heavy atom. The fraction of sp³-hybridized carbons (Fsp3) is 0.500. The van der Waals surface area contributed by atoms with Crippen molar-refractivity contribution in [3.8, 4) is 0 Å². The topological polar surface area (TPSA) is 71.5 Å². The summed E-state index contributed by atoms with van der Waals surface area (Å²) in [7, 11) is -3.15. The molecule has 2 aliphatic rings. The van der Waals surface area contributed by atoms with Crippen molar-refractivity contribution >= 4 is 20.9 Å². The molecule has 7 heteroatoms. The molecule has 0 unspecified atom stereocenters. The lowest BCUT2D eigenvalue weighted by Crippen LogP contribution is -2.33. The first-order valence-corrected chi connectivity index (χ1v) is 10.5. The van der Waals surface area contributed by atoms with Crippen LogP contribution in [0.15, 0.2) is 36.4 Å². The van der Waals surface area contributed by atoms with Crippen molar-refractivity contribution < 1.29 is 13.2 Å². The number of hydrogen-bond acceptors (Lipinski definition) is 5. The van der Waals surface area contributed by atoms with E-state index in [9.17, 15) is 8.42 Å². The van der Waals surface area contributed by atoms with Crippen molar-refractivity contribution in [2.75, 3.05) is 32.5 Å². The van der Waals surface area contributed by atoms with Gasteiger partial charge in [-0.3, -0.25) is 9.88 Å². The number of aromatic nitrogens is 1. The second kappa shape index (κ2) is 6.64. The zero-order valence-electron chi connectivity index (χ0n) is 14.3. The Morgan fingerprint density at radius 1 is 1.24 bits per heavy atom. The molecule has 3 heterocycles. The SMILES string of the molecule is CS(=O)(=O)NC[C@@H]1CO[C@H]2CN(Cc3ccc4ccccc4n3)C[C@@H]12. The Hall–Kier alpha value is -1.54. The van der Waals surface area contributed by atoms with E-state index in [0.717, 1.165) is 36.2 Å². The second-order valence-corrected chi connectivity index (χ2v) is 8.94. The van der Waals surface area contributed by atoms with Gasteiger partial charge in [-0.05, 0) is 12.1 Å². The molecule has 25 heavy (non-hydrogen) atoms. The third-order valence-corrected chi connectivity index (χ3v) is 5.86. The first-order valence-electron chi connectivity index (χ1n) is 8.61. The minimum atomic E-state index is -3.15. The molecule has 6 nitrogen and oxygen atoms in total. The number of ether oxygens (including phenoxy) is 1. The number of hydrogen-bond donors (Lipinski definition) is 1. The van der Waals surface area contributed by atoms with Crippen LogP contribution in [0.2, 0.25) is 0 Å². The van der Waals surface area contributed by atoms with E-state index in [0.29, 0.717) is 19.1 Å². The number of nitrogens with zero attached hydrogens (tertiary/aromatic N) is 2. The van der Waals surface area contributed by atoms with Crippen LogP contribution in [0.1, 0.15) is 5.69 Å². The highest BCUT2D eigenvalue weighted by molar-refractivity contribution is 7.88. The predicted molar refractivity (Wildman–Crippen MR) is 96.6 cm³/mol. The van der Waals surface area contributed by atoms with Crippen LogP contribution in [-0.4, -0.2) is 56.9 Å². The number of pyridine rings is 1. The van der Waals surface area contributed by atoms with Crippen molar-refractivity contribution in [2.45, 2.75) is 12.6 Å². The van der Waals surface area contributed by atoms with Crippen molar-refractivity contribution in [3.63, 3.8) is 0 Å². The first-order chi connectivity index (χ1) is 12.0. The summed E-state index contributed by atoms with van der Waals surface area (Å²) in [5, 5.41) is 1.15. The van der Waals surface area contributed by atoms with E-state index in [1.54, 1.807) is 0 Å². The van der Waals surface area contributed by atoms with Crippen LogP contribution in [0.4, 0.5) is 0 Å². The molecule has 1 aromatic heterocycles. The molecule has 0 bridgehead atoms. The van der Waals surface area contributed by atoms with E-state index in [-0.39, 0.29) is 12.0 Å². The number of fused-ring (bicyclic) bond motifs is 2. The Balaban J connectivity index is 1.40.